The van der Waals surface area contributed by atoms with Gasteiger partial charge in [-0.05, 0) is 67.3 Å². The highest BCUT2D eigenvalue weighted by molar-refractivity contribution is 6.30. The summed E-state index contributed by atoms with van der Waals surface area (Å²) < 4.78 is 1.88. The number of rotatable bonds is 6. The molecule has 0 unspecified atom stereocenters. The quantitative estimate of drug-likeness (QED) is 0.362. The standard InChI is InChI=1S/C28H26ClN3O2/c1-4-19-9-8-10-20(5-2)26(19)31-28(34)25-24(33)17-18(3)32(22-14-12-21(29)13-15-22)27(25)23-11-6-7-16-30-23/h6-17H,4-5H2,1-3H3,(H,31,34). The molecule has 0 saturated carbocycles. The van der Waals surface area contributed by atoms with Crippen LogP contribution < -0.4 is 10.7 Å². The summed E-state index contributed by atoms with van der Waals surface area (Å²) in [5.41, 5.74) is 4.95. The van der Waals surface area contributed by atoms with Gasteiger partial charge in [0.1, 0.15) is 5.56 Å². The van der Waals surface area contributed by atoms with Crippen molar-refractivity contribution >= 4 is 23.2 Å². The Hall–Kier alpha value is -3.70. The Kier molecular flexibility index (Phi) is 6.94. The third-order valence-electron chi connectivity index (χ3n) is 5.86. The second-order valence-electron chi connectivity index (χ2n) is 8.01. The van der Waals surface area contributed by atoms with E-state index in [1.54, 1.807) is 30.5 Å². The smallest absolute Gasteiger partial charge is 0.261 e. The second kappa shape index (κ2) is 10.1. The lowest BCUT2D eigenvalue weighted by Crippen LogP contribution is -2.27. The van der Waals surface area contributed by atoms with Gasteiger partial charge in [-0.1, -0.05) is 49.7 Å². The monoisotopic (exact) mass is 471 g/mol. The molecule has 0 spiro atoms. The topological polar surface area (TPSA) is 64.0 Å². The van der Waals surface area contributed by atoms with Gasteiger partial charge in [-0.2, -0.15) is 0 Å². The lowest BCUT2D eigenvalue weighted by molar-refractivity contribution is 0.102. The molecule has 2 aromatic carbocycles. The van der Waals surface area contributed by atoms with E-state index in [4.69, 9.17) is 11.6 Å². The molecule has 4 aromatic rings. The van der Waals surface area contributed by atoms with Gasteiger partial charge in [-0.3, -0.25) is 14.6 Å². The number of para-hydroxylation sites is 1. The highest BCUT2D eigenvalue weighted by atomic mass is 35.5. The van der Waals surface area contributed by atoms with Gasteiger partial charge in [0.15, 0.2) is 5.43 Å². The Morgan fingerprint density at radius 2 is 1.65 bits per heavy atom. The number of hydrogen-bond acceptors (Lipinski definition) is 3. The summed E-state index contributed by atoms with van der Waals surface area (Å²) >= 11 is 6.11. The summed E-state index contributed by atoms with van der Waals surface area (Å²) in [5, 5.41) is 3.65. The lowest BCUT2D eigenvalue weighted by atomic mass is 10.0. The van der Waals surface area contributed by atoms with Crippen LogP contribution in [-0.4, -0.2) is 15.5 Å². The third-order valence-corrected chi connectivity index (χ3v) is 6.11. The highest BCUT2D eigenvalue weighted by Gasteiger charge is 2.24. The van der Waals surface area contributed by atoms with E-state index < -0.39 is 5.91 Å². The van der Waals surface area contributed by atoms with E-state index >= 15 is 0 Å². The molecular formula is C28H26ClN3O2. The zero-order valence-electron chi connectivity index (χ0n) is 19.4. The molecule has 0 fully saturated rings. The zero-order valence-corrected chi connectivity index (χ0v) is 20.2. The molecule has 34 heavy (non-hydrogen) atoms. The molecule has 2 heterocycles. The van der Waals surface area contributed by atoms with E-state index in [1.807, 2.05) is 61.7 Å². The Morgan fingerprint density at radius 3 is 2.24 bits per heavy atom. The number of aromatic nitrogens is 2. The number of carbonyl (C=O) groups excluding carboxylic acids is 1. The van der Waals surface area contributed by atoms with Gasteiger partial charge < -0.3 is 9.88 Å². The van der Waals surface area contributed by atoms with Crippen molar-refractivity contribution in [2.45, 2.75) is 33.6 Å². The van der Waals surface area contributed by atoms with Crippen molar-refractivity contribution in [2.75, 3.05) is 5.32 Å². The summed E-state index contributed by atoms with van der Waals surface area (Å²) in [4.78, 5) is 31.5. The van der Waals surface area contributed by atoms with Crippen molar-refractivity contribution in [3.05, 3.63) is 111 Å². The summed E-state index contributed by atoms with van der Waals surface area (Å²) in [6, 6.07) is 20.2. The van der Waals surface area contributed by atoms with Gasteiger partial charge in [0.2, 0.25) is 0 Å². The van der Waals surface area contributed by atoms with E-state index in [0.717, 1.165) is 35.3 Å². The minimum atomic E-state index is -0.455. The minimum absolute atomic E-state index is 0.0483. The summed E-state index contributed by atoms with van der Waals surface area (Å²) in [6.45, 7) is 5.93. The number of hydrogen-bond donors (Lipinski definition) is 1. The van der Waals surface area contributed by atoms with Crippen molar-refractivity contribution in [2.24, 2.45) is 0 Å². The molecule has 0 aliphatic rings. The summed E-state index contributed by atoms with van der Waals surface area (Å²) in [5.74, 6) is -0.455. The van der Waals surface area contributed by atoms with E-state index in [2.05, 4.69) is 10.3 Å². The number of aryl methyl sites for hydroxylation is 3. The number of pyridine rings is 2. The van der Waals surface area contributed by atoms with Crippen molar-refractivity contribution in [1.29, 1.82) is 0 Å². The van der Waals surface area contributed by atoms with Crippen LogP contribution in [0, 0.1) is 6.92 Å². The predicted octanol–water partition coefficient (Wildman–Crippen LogP) is 6.24. The first-order valence-corrected chi connectivity index (χ1v) is 11.7. The molecule has 0 saturated heterocycles. The van der Waals surface area contributed by atoms with Crippen LogP contribution in [0.1, 0.15) is 41.0 Å². The average Bonchev–Trinajstić information content (AvgIpc) is 2.85. The van der Waals surface area contributed by atoms with Crippen molar-refractivity contribution in [1.82, 2.24) is 9.55 Å². The van der Waals surface area contributed by atoms with Crippen molar-refractivity contribution in [3.63, 3.8) is 0 Å². The van der Waals surface area contributed by atoms with Gasteiger partial charge in [0.25, 0.3) is 5.91 Å². The first-order chi connectivity index (χ1) is 16.4. The number of anilines is 1. The maximum absolute atomic E-state index is 13.7. The minimum Gasteiger partial charge on any atom is -0.321 e. The normalized spacial score (nSPS) is 10.8. The lowest BCUT2D eigenvalue weighted by Gasteiger charge is -2.21. The Labute approximate surface area is 204 Å². The number of benzene rings is 2. The van der Waals surface area contributed by atoms with Gasteiger partial charge in [-0.15, -0.1) is 0 Å². The summed E-state index contributed by atoms with van der Waals surface area (Å²) in [6.07, 6.45) is 3.18. The second-order valence-corrected chi connectivity index (χ2v) is 8.45. The Bertz CT molecular complexity index is 1370. The number of halogens is 1. The molecule has 0 atom stereocenters. The SMILES string of the molecule is CCc1cccc(CC)c1NC(=O)c1c(-c2ccccn2)n(-c2ccc(Cl)cc2)c(C)cc1=O. The molecule has 0 radical (unpaired) electrons. The fourth-order valence-corrected chi connectivity index (χ4v) is 4.32. The third kappa shape index (κ3) is 4.52. The van der Waals surface area contributed by atoms with Crippen LogP contribution in [0.15, 0.2) is 77.7 Å². The van der Waals surface area contributed by atoms with Crippen molar-refractivity contribution in [3.8, 4) is 17.1 Å². The number of nitrogens with zero attached hydrogens (tertiary/aromatic N) is 2. The maximum Gasteiger partial charge on any atom is 0.261 e. The fourth-order valence-electron chi connectivity index (χ4n) is 4.20. The summed E-state index contributed by atoms with van der Waals surface area (Å²) in [7, 11) is 0. The molecule has 2 aromatic heterocycles. The number of nitrogens with one attached hydrogen (secondary N) is 1. The number of carbonyl (C=O) groups is 1. The zero-order chi connectivity index (χ0) is 24.2. The molecule has 1 amide bonds. The highest BCUT2D eigenvalue weighted by Crippen LogP contribution is 2.28. The fraction of sp³-hybridized carbons (Fsp3) is 0.179. The first kappa shape index (κ1) is 23.5. The van der Waals surface area contributed by atoms with Gasteiger partial charge in [0.05, 0.1) is 11.4 Å². The molecule has 172 valence electrons. The van der Waals surface area contributed by atoms with E-state index in [0.29, 0.717) is 22.1 Å². The van der Waals surface area contributed by atoms with Crippen LogP contribution >= 0.6 is 11.6 Å². The number of amides is 1. The average molecular weight is 472 g/mol. The Balaban J connectivity index is 1.97. The van der Waals surface area contributed by atoms with Crippen LogP contribution in [0.5, 0.6) is 0 Å². The Morgan fingerprint density at radius 1 is 0.971 bits per heavy atom. The molecular weight excluding hydrogens is 446 g/mol. The van der Waals surface area contributed by atoms with Gasteiger partial charge >= 0.3 is 0 Å². The molecule has 1 N–H and O–H groups in total. The predicted molar refractivity (Wildman–Crippen MR) is 138 cm³/mol. The molecule has 5 nitrogen and oxygen atoms in total. The van der Waals surface area contributed by atoms with E-state index in [1.165, 1.54) is 6.07 Å². The van der Waals surface area contributed by atoms with Crippen molar-refractivity contribution < 1.29 is 4.79 Å². The largest absolute Gasteiger partial charge is 0.321 e. The van der Waals surface area contributed by atoms with Crippen LogP contribution in [0.4, 0.5) is 5.69 Å². The molecule has 0 aliphatic carbocycles. The van der Waals surface area contributed by atoms with Crippen LogP contribution in [0.2, 0.25) is 5.02 Å². The van der Waals surface area contributed by atoms with Crippen LogP contribution in [0.25, 0.3) is 17.1 Å². The van der Waals surface area contributed by atoms with Crippen LogP contribution in [0.3, 0.4) is 0 Å². The molecule has 0 bridgehead atoms. The van der Waals surface area contributed by atoms with Crippen LogP contribution in [-0.2, 0) is 12.8 Å². The van der Waals surface area contributed by atoms with Gasteiger partial charge in [0, 0.05) is 34.4 Å². The molecule has 6 heteroatoms. The van der Waals surface area contributed by atoms with Gasteiger partial charge in [-0.25, -0.2) is 0 Å². The first-order valence-electron chi connectivity index (χ1n) is 11.3. The van der Waals surface area contributed by atoms with E-state index in [-0.39, 0.29) is 11.0 Å². The maximum atomic E-state index is 13.7. The molecule has 4 rings (SSSR count). The van der Waals surface area contributed by atoms with E-state index in [9.17, 15) is 9.59 Å². The molecule has 0 aliphatic heterocycles.